The van der Waals surface area contributed by atoms with E-state index in [0.29, 0.717) is 11.4 Å². The van der Waals surface area contributed by atoms with E-state index in [1.54, 1.807) is 0 Å². The average Bonchev–Trinajstić information content (AvgIpc) is 2.56. The summed E-state index contributed by atoms with van der Waals surface area (Å²) in [5, 5.41) is 4.84. The summed E-state index contributed by atoms with van der Waals surface area (Å²) in [6, 6.07) is 10.9. The summed E-state index contributed by atoms with van der Waals surface area (Å²) in [6.45, 7) is 4.45. The van der Waals surface area contributed by atoms with Crippen molar-refractivity contribution in [3.05, 3.63) is 59.4 Å². The Kier molecular flexibility index (Phi) is 5.89. The summed E-state index contributed by atoms with van der Waals surface area (Å²) < 4.78 is 18.3. The number of ether oxygens (including phenoxy) is 1. The van der Waals surface area contributed by atoms with Crippen LogP contribution in [0, 0.1) is 19.7 Å². The molecule has 2 rings (SSSR count). The molecule has 24 heavy (non-hydrogen) atoms. The summed E-state index contributed by atoms with van der Waals surface area (Å²) in [6.07, 6.45) is 0. The molecule has 2 aromatic carbocycles. The molecule has 0 radical (unpaired) electrons. The van der Waals surface area contributed by atoms with Gasteiger partial charge in [-0.1, -0.05) is 6.07 Å². The molecule has 2 amide bonds. The molecule has 5 nitrogen and oxygen atoms in total. The lowest BCUT2D eigenvalue weighted by molar-refractivity contribution is -0.136. The fourth-order valence-corrected chi connectivity index (χ4v) is 1.94. The Hall–Kier alpha value is -2.89. The van der Waals surface area contributed by atoms with Gasteiger partial charge in [-0.2, -0.15) is 0 Å². The Bertz CT molecular complexity index is 730. The number of anilines is 1. The largest absolute Gasteiger partial charge is 0.492 e. The summed E-state index contributed by atoms with van der Waals surface area (Å²) in [5.41, 5.74) is 2.64. The van der Waals surface area contributed by atoms with Gasteiger partial charge in [0.2, 0.25) is 0 Å². The highest BCUT2D eigenvalue weighted by molar-refractivity contribution is 6.39. The average molecular weight is 330 g/mol. The minimum absolute atomic E-state index is 0.197. The number of carbonyl (C=O) groups excluding carboxylic acids is 2. The molecule has 0 aliphatic carbocycles. The molecular formula is C18H19FN2O3. The number of benzene rings is 2. The third-order valence-corrected chi connectivity index (χ3v) is 3.44. The third kappa shape index (κ3) is 5.08. The van der Waals surface area contributed by atoms with E-state index in [4.69, 9.17) is 4.74 Å². The zero-order valence-electron chi connectivity index (χ0n) is 13.6. The Morgan fingerprint density at radius 1 is 1.00 bits per heavy atom. The van der Waals surface area contributed by atoms with Crippen LogP contribution in [-0.4, -0.2) is 25.0 Å². The number of aryl methyl sites for hydroxylation is 2. The van der Waals surface area contributed by atoms with Gasteiger partial charge >= 0.3 is 11.8 Å². The van der Waals surface area contributed by atoms with Crippen LogP contribution in [0.4, 0.5) is 10.1 Å². The Labute approximate surface area is 139 Å². The van der Waals surface area contributed by atoms with E-state index < -0.39 is 17.6 Å². The Balaban J connectivity index is 1.73. The quantitative estimate of drug-likeness (QED) is 0.654. The molecule has 0 aliphatic rings. The molecular weight excluding hydrogens is 311 g/mol. The lowest BCUT2D eigenvalue weighted by atomic mass is 10.1. The normalized spacial score (nSPS) is 10.1. The van der Waals surface area contributed by atoms with Crippen LogP contribution in [0.2, 0.25) is 0 Å². The fourth-order valence-electron chi connectivity index (χ4n) is 1.94. The van der Waals surface area contributed by atoms with Crippen LogP contribution in [0.3, 0.4) is 0 Å². The number of nitrogens with one attached hydrogen (secondary N) is 2. The van der Waals surface area contributed by atoms with Crippen LogP contribution in [0.1, 0.15) is 11.1 Å². The molecule has 126 valence electrons. The topological polar surface area (TPSA) is 67.4 Å². The van der Waals surface area contributed by atoms with Crippen LogP contribution < -0.4 is 15.4 Å². The molecule has 0 saturated heterocycles. The predicted octanol–water partition coefficient (Wildman–Crippen LogP) is 2.58. The molecule has 0 spiro atoms. The standard InChI is InChI=1S/C18H19FN2O3/c1-12-3-8-16(11-13(12)2)24-10-9-20-17(22)18(23)21-15-6-4-14(19)5-7-15/h3-8,11H,9-10H2,1-2H3,(H,20,22)(H,21,23). The first-order chi connectivity index (χ1) is 11.5. The van der Waals surface area contributed by atoms with Crippen LogP contribution in [0.15, 0.2) is 42.5 Å². The minimum Gasteiger partial charge on any atom is -0.492 e. The fraction of sp³-hybridized carbons (Fsp3) is 0.222. The summed E-state index contributed by atoms with van der Waals surface area (Å²) in [7, 11) is 0. The number of hydrogen-bond donors (Lipinski definition) is 2. The first-order valence-corrected chi connectivity index (χ1v) is 7.50. The lowest BCUT2D eigenvalue weighted by Crippen LogP contribution is -2.37. The highest BCUT2D eigenvalue weighted by Gasteiger charge is 2.13. The van der Waals surface area contributed by atoms with Gasteiger partial charge in [0, 0.05) is 5.69 Å². The van der Waals surface area contributed by atoms with E-state index in [-0.39, 0.29) is 13.2 Å². The van der Waals surface area contributed by atoms with Gasteiger partial charge in [-0.05, 0) is 61.4 Å². The van der Waals surface area contributed by atoms with Crippen molar-refractivity contribution in [2.75, 3.05) is 18.5 Å². The molecule has 0 aromatic heterocycles. The predicted molar refractivity (Wildman–Crippen MR) is 89.5 cm³/mol. The number of hydrogen-bond acceptors (Lipinski definition) is 3. The number of amides is 2. The Morgan fingerprint density at radius 3 is 2.38 bits per heavy atom. The molecule has 2 N–H and O–H groups in total. The summed E-state index contributed by atoms with van der Waals surface area (Å²) in [4.78, 5) is 23.4. The smallest absolute Gasteiger partial charge is 0.313 e. The second kappa shape index (κ2) is 8.10. The molecule has 0 aliphatic heterocycles. The minimum atomic E-state index is -0.812. The van der Waals surface area contributed by atoms with E-state index in [0.717, 1.165) is 5.56 Å². The van der Waals surface area contributed by atoms with Crippen LogP contribution >= 0.6 is 0 Å². The molecule has 0 atom stereocenters. The van der Waals surface area contributed by atoms with Crippen molar-refractivity contribution < 1.29 is 18.7 Å². The van der Waals surface area contributed by atoms with E-state index in [1.165, 1.54) is 29.8 Å². The van der Waals surface area contributed by atoms with E-state index in [9.17, 15) is 14.0 Å². The van der Waals surface area contributed by atoms with E-state index in [2.05, 4.69) is 10.6 Å². The molecule has 0 unspecified atom stereocenters. The van der Waals surface area contributed by atoms with Crippen molar-refractivity contribution in [3.63, 3.8) is 0 Å². The lowest BCUT2D eigenvalue weighted by Gasteiger charge is -2.09. The van der Waals surface area contributed by atoms with Crippen molar-refractivity contribution in [1.29, 1.82) is 0 Å². The first-order valence-electron chi connectivity index (χ1n) is 7.50. The molecule has 0 bridgehead atoms. The molecule has 0 saturated carbocycles. The molecule has 2 aromatic rings. The zero-order valence-corrected chi connectivity index (χ0v) is 13.6. The van der Waals surface area contributed by atoms with Crippen LogP contribution in [-0.2, 0) is 9.59 Å². The first kappa shape index (κ1) is 17.5. The van der Waals surface area contributed by atoms with Crippen molar-refractivity contribution in [1.82, 2.24) is 5.32 Å². The van der Waals surface area contributed by atoms with E-state index in [1.807, 2.05) is 32.0 Å². The molecule has 6 heteroatoms. The maximum Gasteiger partial charge on any atom is 0.313 e. The summed E-state index contributed by atoms with van der Waals surface area (Å²) >= 11 is 0. The van der Waals surface area contributed by atoms with Gasteiger partial charge in [-0.3, -0.25) is 9.59 Å². The number of halogens is 1. The van der Waals surface area contributed by atoms with Crippen LogP contribution in [0.5, 0.6) is 5.75 Å². The number of rotatable bonds is 5. The molecule has 0 fully saturated rings. The SMILES string of the molecule is Cc1ccc(OCCNC(=O)C(=O)Nc2ccc(F)cc2)cc1C. The van der Waals surface area contributed by atoms with Crippen molar-refractivity contribution in [2.45, 2.75) is 13.8 Å². The van der Waals surface area contributed by atoms with Crippen LogP contribution in [0.25, 0.3) is 0 Å². The van der Waals surface area contributed by atoms with Gasteiger partial charge in [-0.25, -0.2) is 4.39 Å². The second-order valence-electron chi connectivity index (χ2n) is 5.31. The highest BCUT2D eigenvalue weighted by Crippen LogP contribution is 2.16. The van der Waals surface area contributed by atoms with Gasteiger partial charge in [0.15, 0.2) is 0 Å². The van der Waals surface area contributed by atoms with E-state index >= 15 is 0 Å². The van der Waals surface area contributed by atoms with Crippen molar-refractivity contribution >= 4 is 17.5 Å². The van der Waals surface area contributed by atoms with Crippen molar-refractivity contribution in [2.24, 2.45) is 0 Å². The number of carbonyl (C=O) groups is 2. The Morgan fingerprint density at radius 2 is 1.71 bits per heavy atom. The van der Waals surface area contributed by atoms with Gasteiger partial charge in [0.05, 0.1) is 6.54 Å². The zero-order chi connectivity index (χ0) is 17.5. The summed E-state index contributed by atoms with van der Waals surface area (Å²) in [5.74, 6) is -1.29. The van der Waals surface area contributed by atoms with Gasteiger partial charge < -0.3 is 15.4 Å². The molecule has 0 heterocycles. The monoisotopic (exact) mass is 330 g/mol. The van der Waals surface area contributed by atoms with Gasteiger partial charge in [-0.15, -0.1) is 0 Å². The highest BCUT2D eigenvalue weighted by atomic mass is 19.1. The maximum absolute atomic E-state index is 12.8. The second-order valence-corrected chi connectivity index (χ2v) is 5.31. The maximum atomic E-state index is 12.8. The van der Waals surface area contributed by atoms with Crippen molar-refractivity contribution in [3.8, 4) is 5.75 Å². The van der Waals surface area contributed by atoms with Gasteiger partial charge in [0.25, 0.3) is 0 Å². The third-order valence-electron chi connectivity index (χ3n) is 3.44. The van der Waals surface area contributed by atoms with Gasteiger partial charge in [0.1, 0.15) is 18.2 Å².